The van der Waals surface area contributed by atoms with Crippen LogP contribution in [0.3, 0.4) is 0 Å². The average molecular weight is 522 g/mol. The fourth-order valence-corrected chi connectivity index (χ4v) is 5.54. The van der Waals surface area contributed by atoms with Gasteiger partial charge in [0.25, 0.3) is 0 Å². The van der Waals surface area contributed by atoms with Crippen LogP contribution >= 0.6 is 22.9 Å². The molecular weight excluding hydrogens is 498 g/mol. The zero-order valence-corrected chi connectivity index (χ0v) is 21.3. The number of hydrogen-bond donors (Lipinski definition) is 2. The minimum Gasteiger partial charge on any atom is -0.481 e. The first-order valence-electron chi connectivity index (χ1n) is 11.5. The number of carboxylic acids is 1. The smallest absolute Gasteiger partial charge is 0.412 e. The van der Waals surface area contributed by atoms with Gasteiger partial charge in [0.05, 0.1) is 26.0 Å². The van der Waals surface area contributed by atoms with Gasteiger partial charge in [-0.15, -0.1) is 11.3 Å². The summed E-state index contributed by atoms with van der Waals surface area (Å²) < 4.78 is 7.73. The average Bonchev–Trinajstić information content (AvgIpc) is 3.45. The molecule has 1 atom stereocenters. The summed E-state index contributed by atoms with van der Waals surface area (Å²) in [6.45, 7) is 1.79. The normalized spacial score (nSPS) is 14.8. The van der Waals surface area contributed by atoms with Crippen LogP contribution in [0.4, 0.5) is 10.5 Å². The van der Waals surface area contributed by atoms with Crippen molar-refractivity contribution in [3.05, 3.63) is 82.5 Å². The third kappa shape index (κ3) is 4.62. The molecule has 184 valence electrons. The van der Waals surface area contributed by atoms with Crippen LogP contribution in [0.25, 0.3) is 21.6 Å². The Morgan fingerprint density at radius 1 is 1.08 bits per heavy atom. The van der Waals surface area contributed by atoms with Crippen molar-refractivity contribution in [3.63, 3.8) is 0 Å². The van der Waals surface area contributed by atoms with Crippen LogP contribution in [0.1, 0.15) is 37.1 Å². The second-order valence-electron chi connectivity index (χ2n) is 8.89. The lowest BCUT2D eigenvalue weighted by Crippen LogP contribution is -2.19. The Labute approximate surface area is 217 Å². The van der Waals surface area contributed by atoms with E-state index >= 15 is 0 Å². The van der Waals surface area contributed by atoms with Crippen LogP contribution in [0.15, 0.2) is 66.9 Å². The molecule has 2 N–H and O–H groups in total. The van der Waals surface area contributed by atoms with Gasteiger partial charge in [-0.2, -0.15) is 5.10 Å². The molecule has 2 aromatic carbocycles. The van der Waals surface area contributed by atoms with E-state index in [1.807, 2.05) is 48.5 Å². The lowest BCUT2D eigenvalue weighted by atomic mass is 9.93. The van der Waals surface area contributed by atoms with Gasteiger partial charge in [-0.25, -0.2) is 4.79 Å². The minimum absolute atomic E-state index is 0.467. The molecule has 1 amide bonds. The first-order chi connectivity index (χ1) is 17.3. The number of thiophene rings is 1. The molecule has 1 aliphatic rings. The zero-order valence-electron chi connectivity index (χ0n) is 19.7. The number of carbonyl (C=O) groups excluding carboxylic acids is 1. The predicted octanol–water partition coefficient (Wildman–Crippen LogP) is 6.89. The molecule has 0 spiro atoms. The van der Waals surface area contributed by atoms with Gasteiger partial charge >= 0.3 is 12.1 Å². The number of aliphatic carboxylic acids is 1. The van der Waals surface area contributed by atoms with Gasteiger partial charge in [0.2, 0.25) is 0 Å². The topological polar surface area (TPSA) is 93.4 Å². The number of benzene rings is 2. The van der Waals surface area contributed by atoms with E-state index in [1.54, 1.807) is 37.0 Å². The van der Waals surface area contributed by atoms with E-state index < -0.39 is 23.6 Å². The van der Waals surface area contributed by atoms with Gasteiger partial charge in [0.1, 0.15) is 6.10 Å². The SMILES string of the molecule is CC(OC(=O)Nc1cc(Cl)sc1-c1ccc(-c2ccc(C3(C(=O)O)CC3)cc2)cc1)c1ccnn1C. The zero-order chi connectivity index (χ0) is 25.4. The summed E-state index contributed by atoms with van der Waals surface area (Å²) in [7, 11) is 1.79. The fraction of sp³-hybridized carbons (Fsp3) is 0.222. The predicted molar refractivity (Wildman–Crippen MR) is 140 cm³/mol. The number of nitrogens with one attached hydrogen (secondary N) is 1. The molecule has 36 heavy (non-hydrogen) atoms. The van der Waals surface area contributed by atoms with Crippen molar-refractivity contribution in [3.8, 4) is 21.6 Å². The van der Waals surface area contributed by atoms with Gasteiger partial charge in [-0.05, 0) is 54.2 Å². The van der Waals surface area contributed by atoms with Crippen LogP contribution in [0, 0.1) is 0 Å². The number of aromatic nitrogens is 2. The molecule has 1 fully saturated rings. The van der Waals surface area contributed by atoms with E-state index in [9.17, 15) is 14.7 Å². The van der Waals surface area contributed by atoms with Crippen molar-refractivity contribution in [1.82, 2.24) is 9.78 Å². The highest BCUT2D eigenvalue weighted by atomic mass is 35.5. The monoisotopic (exact) mass is 521 g/mol. The summed E-state index contributed by atoms with van der Waals surface area (Å²) in [5.41, 5.74) is 4.42. The summed E-state index contributed by atoms with van der Waals surface area (Å²) in [6, 6.07) is 19.2. The van der Waals surface area contributed by atoms with Crippen molar-refractivity contribution in [1.29, 1.82) is 0 Å². The highest BCUT2D eigenvalue weighted by molar-refractivity contribution is 7.20. The van der Waals surface area contributed by atoms with E-state index in [2.05, 4.69) is 10.4 Å². The number of carboxylic acid groups (broad SMARTS) is 1. The second kappa shape index (κ2) is 9.44. The first kappa shape index (κ1) is 24.1. The van der Waals surface area contributed by atoms with E-state index in [0.29, 0.717) is 22.9 Å². The second-order valence-corrected chi connectivity index (χ2v) is 10.6. The van der Waals surface area contributed by atoms with Crippen LogP contribution in [-0.4, -0.2) is 26.9 Å². The van der Waals surface area contributed by atoms with E-state index in [4.69, 9.17) is 16.3 Å². The number of amides is 1. The third-order valence-electron chi connectivity index (χ3n) is 6.58. The van der Waals surface area contributed by atoms with E-state index in [-0.39, 0.29) is 0 Å². The van der Waals surface area contributed by atoms with Gasteiger partial charge in [-0.3, -0.25) is 14.8 Å². The van der Waals surface area contributed by atoms with Gasteiger partial charge < -0.3 is 9.84 Å². The van der Waals surface area contributed by atoms with Crippen LogP contribution in [-0.2, 0) is 22.0 Å². The summed E-state index contributed by atoms with van der Waals surface area (Å²) >= 11 is 7.66. The lowest BCUT2D eigenvalue weighted by molar-refractivity contribution is -0.140. The molecule has 1 unspecified atom stereocenters. The Morgan fingerprint density at radius 3 is 2.25 bits per heavy atom. The molecule has 2 aromatic heterocycles. The number of hydrogen-bond acceptors (Lipinski definition) is 5. The van der Waals surface area contributed by atoms with Crippen molar-refractivity contribution in [2.24, 2.45) is 7.05 Å². The Balaban J connectivity index is 1.30. The minimum atomic E-state index is -0.756. The maximum Gasteiger partial charge on any atom is 0.412 e. The standard InChI is InChI=1S/C27H24ClN3O4S/c1-16(22-11-14-29-31(22)2)35-26(34)30-21-15-23(28)36-24(21)19-5-3-17(4-6-19)18-7-9-20(10-8-18)27(12-13-27)25(32)33/h3-11,14-16H,12-13H2,1-2H3,(H,30,34)(H,32,33). The molecule has 9 heteroatoms. The molecule has 0 bridgehead atoms. The Morgan fingerprint density at radius 2 is 1.69 bits per heavy atom. The first-order valence-corrected chi connectivity index (χ1v) is 12.7. The molecule has 0 aliphatic heterocycles. The maximum absolute atomic E-state index is 12.6. The highest BCUT2D eigenvalue weighted by Gasteiger charge is 2.51. The molecule has 7 nitrogen and oxygen atoms in total. The molecule has 0 saturated heterocycles. The van der Waals surface area contributed by atoms with Crippen LogP contribution < -0.4 is 5.32 Å². The number of halogens is 1. The van der Waals surface area contributed by atoms with E-state index in [1.165, 1.54) is 11.3 Å². The summed E-state index contributed by atoms with van der Waals surface area (Å²) in [4.78, 5) is 25.0. The van der Waals surface area contributed by atoms with Crippen LogP contribution in [0.5, 0.6) is 0 Å². The molecule has 5 rings (SSSR count). The Hall–Kier alpha value is -3.62. The molecular formula is C27H24ClN3O4S. The molecule has 4 aromatic rings. The fourth-order valence-electron chi connectivity index (χ4n) is 4.36. The Bertz CT molecular complexity index is 1420. The largest absolute Gasteiger partial charge is 0.481 e. The number of nitrogens with zero attached hydrogens (tertiary/aromatic N) is 2. The summed E-state index contributed by atoms with van der Waals surface area (Å²) in [6.07, 6.45) is 1.98. The number of rotatable bonds is 7. The van der Waals surface area contributed by atoms with Crippen molar-refractivity contribution in [2.45, 2.75) is 31.3 Å². The van der Waals surface area contributed by atoms with Crippen molar-refractivity contribution >= 4 is 40.7 Å². The number of anilines is 1. The molecule has 0 radical (unpaired) electrons. The number of carbonyl (C=O) groups is 2. The number of aryl methyl sites for hydroxylation is 1. The summed E-state index contributed by atoms with van der Waals surface area (Å²) in [5.74, 6) is -0.756. The number of ether oxygens (including phenoxy) is 1. The summed E-state index contributed by atoms with van der Waals surface area (Å²) in [5, 5.41) is 16.4. The molecule has 2 heterocycles. The van der Waals surface area contributed by atoms with Gasteiger partial charge in [0, 0.05) is 13.2 Å². The molecule has 1 aliphatic carbocycles. The van der Waals surface area contributed by atoms with E-state index in [0.717, 1.165) is 32.8 Å². The lowest BCUT2D eigenvalue weighted by Gasteiger charge is -2.14. The third-order valence-corrected chi connectivity index (χ3v) is 7.89. The van der Waals surface area contributed by atoms with Crippen molar-refractivity contribution < 1.29 is 19.4 Å². The van der Waals surface area contributed by atoms with Gasteiger partial charge in [-0.1, -0.05) is 60.1 Å². The Kier molecular flexibility index (Phi) is 6.32. The van der Waals surface area contributed by atoms with Crippen molar-refractivity contribution in [2.75, 3.05) is 5.32 Å². The van der Waals surface area contributed by atoms with Gasteiger partial charge in [0.15, 0.2) is 0 Å². The van der Waals surface area contributed by atoms with Crippen LogP contribution in [0.2, 0.25) is 4.34 Å². The molecule has 1 saturated carbocycles. The maximum atomic E-state index is 12.6. The quantitative estimate of drug-likeness (QED) is 0.276. The highest BCUT2D eigenvalue weighted by Crippen LogP contribution is 2.48.